The van der Waals surface area contributed by atoms with Gasteiger partial charge in [0, 0.05) is 5.02 Å². The van der Waals surface area contributed by atoms with Crippen molar-refractivity contribution in [3.8, 4) is 5.75 Å². The van der Waals surface area contributed by atoms with Crippen molar-refractivity contribution in [3.05, 3.63) is 64.7 Å². The Morgan fingerprint density at radius 2 is 1.67 bits per heavy atom. The van der Waals surface area contributed by atoms with Gasteiger partial charge in [0.1, 0.15) is 5.75 Å². The molecule has 0 aromatic heterocycles. The van der Waals surface area contributed by atoms with E-state index >= 15 is 0 Å². The van der Waals surface area contributed by atoms with Gasteiger partial charge in [0.05, 0.1) is 6.61 Å². The molecular formula is C16H19ClO. The summed E-state index contributed by atoms with van der Waals surface area (Å²) in [5.74, 6) is 0.912. The van der Waals surface area contributed by atoms with Gasteiger partial charge in [-0.25, -0.2) is 0 Å². The summed E-state index contributed by atoms with van der Waals surface area (Å²) in [6.45, 7) is 2.68. The van der Waals surface area contributed by atoms with Gasteiger partial charge in [-0.3, -0.25) is 0 Å². The third kappa shape index (κ3) is 3.78. The predicted molar refractivity (Wildman–Crippen MR) is 78.6 cm³/mol. The third-order valence-corrected chi connectivity index (χ3v) is 2.96. The second-order valence-corrected chi connectivity index (χ2v) is 4.25. The largest absolute Gasteiger partial charge is 0.494 e. The van der Waals surface area contributed by atoms with Crippen molar-refractivity contribution >= 4 is 11.6 Å². The van der Waals surface area contributed by atoms with Crippen LogP contribution in [-0.2, 0) is 6.42 Å². The van der Waals surface area contributed by atoms with Gasteiger partial charge in [-0.15, -0.1) is 0 Å². The zero-order valence-electron chi connectivity index (χ0n) is 9.82. The molecule has 0 heterocycles. The van der Waals surface area contributed by atoms with Gasteiger partial charge < -0.3 is 4.74 Å². The van der Waals surface area contributed by atoms with E-state index in [0.29, 0.717) is 6.61 Å². The Balaban J connectivity index is 0.00000162. The first kappa shape index (κ1) is 14.6. The van der Waals surface area contributed by atoms with Crippen molar-refractivity contribution in [2.75, 3.05) is 6.61 Å². The van der Waals surface area contributed by atoms with Crippen LogP contribution in [0.3, 0.4) is 0 Å². The van der Waals surface area contributed by atoms with Crippen LogP contribution >= 0.6 is 11.6 Å². The second-order valence-electron chi connectivity index (χ2n) is 3.85. The summed E-state index contributed by atoms with van der Waals surface area (Å²) < 4.78 is 5.41. The van der Waals surface area contributed by atoms with E-state index < -0.39 is 0 Å². The quantitative estimate of drug-likeness (QED) is 0.756. The molecule has 18 heavy (non-hydrogen) atoms. The molecule has 0 unspecified atom stereocenters. The monoisotopic (exact) mass is 262 g/mol. The summed E-state index contributed by atoms with van der Waals surface area (Å²) in [6, 6.07) is 16.1. The number of benzene rings is 2. The molecule has 0 spiro atoms. The second kappa shape index (κ2) is 7.07. The normalized spacial score (nSPS) is 9.67. The van der Waals surface area contributed by atoms with Crippen LogP contribution in [0, 0.1) is 0 Å². The fourth-order valence-electron chi connectivity index (χ4n) is 1.73. The lowest BCUT2D eigenvalue weighted by atomic mass is 10.1. The van der Waals surface area contributed by atoms with Crippen molar-refractivity contribution in [1.29, 1.82) is 0 Å². The Morgan fingerprint density at radius 1 is 1.00 bits per heavy atom. The lowest BCUT2D eigenvalue weighted by Crippen LogP contribution is -1.92. The topological polar surface area (TPSA) is 9.23 Å². The molecule has 0 N–H and O–H groups in total. The van der Waals surface area contributed by atoms with Crippen LogP contribution in [0.5, 0.6) is 5.75 Å². The molecule has 2 aromatic rings. The third-order valence-electron chi connectivity index (χ3n) is 2.59. The summed E-state index contributed by atoms with van der Waals surface area (Å²) in [6.07, 6.45) is 0.853. The molecular weight excluding hydrogens is 244 g/mol. The maximum Gasteiger partial charge on any atom is 0.119 e. The lowest BCUT2D eigenvalue weighted by molar-refractivity contribution is 0.340. The Kier molecular flexibility index (Phi) is 5.73. The van der Waals surface area contributed by atoms with Crippen LogP contribution in [0.1, 0.15) is 25.5 Å². The van der Waals surface area contributed by atoms with E-state index in [1.54, 1.807) is 0 Å². The van der Waals surface area contributed by atoms with Crippen LogP contribution in [0.4, 0.5) is 0 Å². The number of rotatable bonds is 4. The number of hydrogen-bond acceptors (Lipinski definition) is 1. The minimum absolute atomic E-state index is 0. The van der Waals surface area contributed by atoms with Crippen molar-refractivity contribution < 1.29 is 4.74 Å². The summed E-state index contributed by atoms with van der Waals surface area (Å²) in [4.78, 5) is 0. The van der Waals surface area contributed by atoms with Crippen LogP contribution < -0.4 is 4.74 Å². The first-order chi connectivity index (χ1) is 8.29. The van der Waals surface area contributed by atoms with Crippen molar-refractivity contribution in [1.82, 2.24) is 0 Å². The molecule has 0 amide bonds. The molecule has 0 aliphatic heterocycles. The highest BCUT2D eigenvalue weighted by atomic mass is 35.5. The van der Waals surface area contributed by atoms with E-state index in [1.165, 1.54) is 5.56 Å². The lowest BCUT2D eigenvalue weighted by Gasteiger charge is -2.06. The smallest absolute Gasteiger partial charge is 0.119 e. The van der Waals surface area contributed by atoms with Gasteiger partial charge in [0.2, 0.25) is 0 Å². The van der Waals surface area contributed by atoms with Crippen molar-refractivity contribution in [3.63, 3.8) is 0 Å². The molecule has 1 nitrogen and oxygen atoms in total. The average molecular weight is 263 g/mol. The fourth-order valence-corrected chi connectivity index (χ4v) is 1.93. The van der Waals surface area contributed by atoms with Gasteiger partial charge in [-0.05, 0) is 42.7 Å². The van der Waals surface area contributed by atoms with Gasteiger partial charge in [-0.1, -0.05) is 49.4 Å². The molecule has 0 fully saturated rings. The molecule has 0 aliphatic carbocycles. The number of halogens is 1. The first-order valence-corrected chi connectivity index (χ1v) is 6.12. The Morgan fingerprint density at radius 3 is 2.28 bits per heavy atom. The van der Waals surface area contributed by atoms with Gasteiger partial charge in [-0.2, -0.15) is 0 Å². The maximum atomic E-state index is 6.13. The minimum atomic E-state index is 0. The maximum absolute atomic E-state index is 6.13. The zero-order chi connectivity index (χ0) is 12.1. The van der Waals surface area contributed by atoms with E-state index in [-0.39, 0.29) is 7.43 Å². The van der Waals surface area contributed by atoms with Gasteiger partial charge >= 0.3 is 0 Å². The van der Waals surface area contributed by atoms with Gasteiger partial charge in [0.15, 0.2) is 0 Å². The summed E-state index contributed by atoms with van der Waals surface area (Å²) >= 11 is 6.13. The molecule has 96 valence electrons. The first-order valence-electron chi connectivity index (χ1n) is 5.74. The molecule has 0 aliphatic rings. The SMILES string of the molecule is C.CCOc1ccc(Cc2ccccc2Cl)cc1. The molecule has 0 bridgehead atoms. The molecule has 0 atom stereocenters. The summed E-state index contributed by atoms with van der Waals surface area (Å²) in [5, 5.41) is 0.821. The number of ether oxygens (including phenoxy) is 1. The van der Waals surface area contributed by atoms with Crippen LogP contribution in [-0.4, -0.2) is 6.61 Å². The fraction of sp³-hybridized carbons (Fsp3) is 0.250. The van der Waals surface area contributed by atoms with Crippen LogP contribution in [0.25, 0.3) is 0 Å². The zero-order valence-corrected chi connectivity index (χ0v) is 10.6. The molecule has 0 radical (unpaired) electrons. The van der Waals surface area contributed by atoms with Crippen LogP contribution in [0.15, 0.2) is 48.5 Å². The molecule has 2 heteroatoms. The Hall–Kier alpha value is -1.47. The highest BCUT2D eigenvalue weighted by molar-refractivity contribution is 6.31. The molecule has 2 aromatic carbocycles. The number of hydrogen-bond donors (Lipinski definition) is 0. The van der Waals surface area contributed by atoms with Crippen LogP contribution in [0.2, 0.25) is 5.02 Å². The average Bonchev–Trinajstić information content (AvgIpc) is 2.35. The Bertz CT molecular complexity index is 477. The van der Waals surface area contributed by atoms with Crippen molar-refractivity contribution in [2.45, 2.75) is 20.8 Å². The van der Waals surface area contributed by atoms with E-state index in [9.17, 15) is 0 Å². The Labute approximate surface area is 114 Å². The van der Waals surface area contributed by atoms with E-state index in [0.717, 1.165) is 22.8 Å². The summed E-state index contributed by atoms with van der Waals surface area (Å²) in [5.41, 5.74) is 2.39. The molecule has 0 saturated heterocycles. The van der Waals surface area contributed by atoms with Crippen molar-refractivity contribution in [2.24, 2.45) is 0 Å². The van der Waals surface area contributed by atoms with Gasteiger partial charge in [0.25, 0.3) is 0 Å². The van der Waals surface area contributed by atoms with E-state index in [1.807, 2.05) is 37.3 Å². The van der Waals surface area contributed by atoms with E-state index in [2.05, 4.69) is 18.2 Å². The minimum Gasteiger partial charge on any atom is -0.494 e. The highest BCUT2D eigenvalue weighted by Gasteiger charge is 2.01. The molecule has 0 saturated carbocycles. The molecule has 2 rings (SSSR count). The highest BCUT2D eigenvalue weighted by Crippen LogP contribution is 2.20. The van der Waals surface area contributed by atoms with E-state index in [4.69, 9.17) is 16.3 Å². The predicted octanol–water partition coefficient (Wildman–Crippen LogP) is 4.97. The summed E-state index contributed by atoms with van der Waals surface area (Å²) in [7, 11) is 0. The standard InChI is InChI=1S/C15H15ClO.CH4/c1-2-17-14-9-7-12(8-10-14)11-13-5-3-4-6-15(13)16;/h3-10H,2,11H2,1H3;1H4.